The number of nitrogens with two attached hydrogens (primary N) is 1. The average Bonchev–Trinajstić information content (AvgIpc) is 2.50. The van der Waals surface area contributed by atoms with E-state index in [1.807, 2.05) is 5.32 Å². The zero-order valence-corrected chi connectivity index (χ0v) is 13.9. The van der Waals surface area contributed by atoms with Gasteiger partial charge in [-0.1, -0.05) is 20.3 Å². The van der Waals surface area contributed by atoms with Crippen LogP contribution in [-0.2, 0) is 24.0 Å². The summed E-state index contributed by atoms with van der Waals surface area (Å²) < 4.78 is 0. The van der Waals surface area contributed by atoms with Crippen LogP contribution in [0.3, 0.4) is 0 Å². The molecule has 0 aromatic carbocycles. The molecule has 11 heteroatoms. The molecule has 4 atom stereocenters. The van der Waals surface area contributed by atoms with Crippen LogP contribution in [0.4, 0.5) is 0 Å². The lowest BCUT2D eigenvalue weighted by atomic mass is 9.99. The predicted octanol–water partition coefficient (Wildman–Crippen LogP) is -1.64. The van der Waals surface area contributed by atoms with Gasteiger partial charge in [0, 0.05) is 0 Å². The van der Waals surface area contributed by atoms with Crippen molar-refractivity contribution >= 4 is 29.7 Å². The van der Waals surface area contributed by atoms with Gasteiger partial charge in [-0.3, -0.25) is 19.2 Å². The van der Waals surface area contributed by atoms with Crippen LogP contribution < -0.4 is 16.4 Å². The number of carboxylic acid groups (broad SMARTS) is 3. The van der Waals surface area contributed by atoms with E-state index in [2.05, 4.69) is 5.32 Å². The molecule has 0 saturated carbocycles. The number of carbonyl (C=O) groups excluding carboxylic acids is 2. The van der Waals surface area contributed by atoms with E-state index in [4.69, 9.17) is 21.1 Å². The summed E-state index contributed by atoms with van der Waals surface area (Å²) >= 11 is 0. The van der Waals surface area contributed by atoms with E-state index in [1.54, 1.807) is 13.8 Å². The number of carboxylic acids is 3. The third-order valence-corrected chi connectivity index (χ3v) is 3.56. The maximum Gasteiger partial charge on any atom is 0.326 e. The van der Waals surface area contributed by atoms with E-state index in [9.17, 15) is 24.0 Å². The Morgan fingerprint density at radius 2 is 1.32 bits per heavy atom. The summed E-state index contributed by atoms with van der Waals surface area (Å²) in [5, 5.41) is 30.5. The van der Waals surface area contributed by atoms with Crippen LogP contribution in [0, 0.1) is 5.92 Å². The molecule has 142 valence electrons. The van der Waals surface area contributed by atoms with Gasteiger partial charge in [0.25, 0.3) is 0 Å². The minimum atomic E-state index is -1.76. The Morgan fingerprint density at radius 1 is 0.880 bits per heavy atom. The summed E-state index contributed by atoms with van der Waals surface area (Å²) in [5.74, 6) is -6.60. The van der Waals surface area contributed by atoms with Gasteiger partial charge in [0.1, 0.15) is 12.1 Å². The monoisotopic (exact) mass is 361 g/mol. The maximum atomic E-state index is 12.1. The molecule has 0 aromatic rings. The Kier molecular flexibility index (Phi) is 9.13. The predicted molar refractivity (Wildman–Crippen MR) is 83.4 cm³/mol. The Morgan fingerprint density at radius 3 is 1.72 bits per heavy atom. The Bertz CT molecular complexity index is 536. The van der Waals surface area contributed by atoms with Gasteiger partial charge in [-0.05, 0) is 5.92 Å². The van der Waals surface area contributed by atoms with Crippen LogP contribution in [-0.4, -0.2) is 63.2 Å². The topological polar surface area (TPSA) is 196 Å². The van der Waals surface area contributed by atoms with E-state index in [0.717, 1.165) is 0 Å². The first-order valence-corrected chi connectivity index (χ1v) is 7.52. The fraction of sp³-hybridized carbons (Fsp3) is 0.643. The van der Waals surface area contributed by atoms with E-state index in [-0.39, 0.29) is 5.92 Å². The molecule has 25 heavy (non-hydrogen) atoms. The highest BCUT2D eigenvalue weighted by Crippen LogP contribution is 2.06. The van der Waals surface area contributed by atoms with Crippen molar-refractivity contribution in [1.29, 1.82) is 0 Å². The number of amides is 2. The molecule has 2 amide bonds. The van der Waals surface area contributed by atoms with Gasteiger partial charge in [-0.25, -0.2) is 4.79 Å². The van der Waals surface area contributed by atoms with E-state index in [1.165, 1.54) is 0 Å². The minimum Gasteiger partial charge on any atom is -0.481 e. The second-order valence-electron chi connectivity index (χ2n) is 5.57. The molecule has 0 fully saturated rings. The van der Waals surface area contributed by atoms with Crippen molar-refractivity contribution in [3.63, 3.8) is 0 Å². The van der Waals surface area contributed by atoms with Crippen molar-refractivity contribution in [1.82, 2.24) is 10.6 Å². The SMILES string of the molecule is CC[C@H](C)[C@H](N)C(=O)N[C@@H](CC(=O)O)C(=O)N[C@@H](CC(=O)O)C(=O)O. The number of carbonyl (C=O) groups is 5. The maximum absolute atomic E-state index is 12.1. The number of aliphatic carboxylic acids is 3. The number of hydrogen-bond donors (Lipinski definition) is 6. The van der Waals surface area contributed by atoms with Crippen LogP contribution in [0.15, 0.2) is 0 Å². The van der Waals surface area contributed by atoms with E-state index >= 15 is 0 Å². The highest BCUT2D eigenvalue weighted by atomic mass is 16.4. The molecule has 0 unspecified atom stereocenters. The Hall–Kier alpha value is -2.69. The van der Waals surface area contributed by atoms with Gasteiger partial charge in [0.2, 0.25) is 11.8 Å². The molecule has 0 aliphatic rings. The average molecular weight is 361 g/mol. The van der Waals surface area contributed by atoms with Crippen molar-refractivity contribution in [2.24, 2.45) is 11.7 Å². The molecule has 0 saturated heterocycles. The summed E-state index contributed by atoms with van der Waals surface area (Å²) in [6.45, 7) is 3.49. The van der Waals surface area contributed by atoms with Crippen LogP contribution in [0.2, 0.25) is 0 Å². The molecular weight excluding hydrogens is 338 g/mol. The van der Waals surface area contributed by atoms with Crippen molar-refractivity contribution in [2.45, 2.75) is 51.2 Å². The summed E-state index contributed by atoms with van der Waals surface area (Å²) in [6.07, 6.45) is -1.14. The van der Waals surface area contributed by atoms with Crippen LogP contribution in [0.25, 0.3) is 0 Å². The van der Waals surface area contributed by atoms with Gasteiger partial charge < -0.3 is 31.7 Å². The molecule has 7 N–H and O–H groups in total. The summed E-state index contributed by atoms with van der Waals surface area (Å²) in [5.41, 5.74) is 5.70. The second-order valence-corrected chi connectivity index (χ2v) is 5.57. The molecule has 0 aliphatic carbocycles. The Labute approximate surface area is 143 Å². The fourth-order valence-electron chi connectivity index (χ4n) is 1.81. The third kappa shape index (κ3) is 8.11. The fourth-order valence-corrected chi connectivity index (χ4v) is 1.81. The summed E-state index contributed by atoms with van der Waals surface area (Å²) in [7, 11) is 0. The Balaban J connectivity index is 5.14. The summed E-state index contributed by atoms with van der Waals surface area (Å²) in [6, 6.07) is -4.33. The van der Waals surface area contributed by atoms with Gasteiger partial charge in [-0.15, -0.1) is 0 Å². The zero-order chi connectivity index (χ0) is 19.7. The van der Waals surface area contributed by atoms with Crippen molar-refractivity contribution in [2.75, 3.05) is 0 Å². The molecule has 0 rings (SSSR count). The molecule has 0 spiro atoms. The van der Waals surface area contributed by atoms with Gasteiger partial charge in [0.05, 0.1) is 18.9 Å². The first-order valence-electron chi connectivity index (χ1n) is 7.52. The van der Waals surface area contributed by atoms with E-state index in [0.29, 0.717) is 6.42 Å². The molecule has 0 heterocycles. The molecule has 11 nitrogen and oxygen atoms in total. The van der Waals surface area contributed by atoms with Gasteiger partial charge >= 0.3 is 17.9 Å². The third-order valence-electron chi connectivity index (χ3n) is 3.56. The molecule has 0 radical (unpaired) electrons. The van der Waals surface area contributed by atoms with E-state index < -0.39 is 60.7 Å². The normalized spacial score (nSPS) is 15.3. The van der Waals surface area contributed by atoms with Crippen LogP contribution in [0.1, 0.15) is 33.1 Å². The van der Waals surface area contributed by atoms with Crippen LogP contribution >= 0.6 is 0 Å². The largest absolute Gasteiger partial charge is 0.481 e. The lowest BCUT2D eigenvalue weighted by molar-refractivity contribution is -0.148. The minimum absolute atomic E-state index is 0.229. The zero-order valence-electron chi connectivity index (χ0n) is 13.9. The molecule has 0 aliphatic heterocycles. The number of rotatable bonds is 11. The van der Waals surface area contributed by atoms with Crippen molar-refractivity contribution < 1.29 is 39.3 Å². The quantitative estimate of drug-likeness (QED) is 0.250. The van der Waals surface area contributed by atoms with Crippen LogP contribution in [0.5, 0.6) is 0 Å². The summed E-state index contributed by atoms with van der Waals surface area (Å²) in [4.78, 5) is 56.6. The lowest BCUT2D eigenvalue weighted by Gasteiger charge is -2.23. The molecule has 0 aromatic heterocycles. The number of nitrogens with one attached hydrogen (secondary N) is 2. The highest BCUT2D eigenvalue weighted by molar-refractivity contribution is 5.94. The second kappa shape index (κ2) is 10.2. The highest BCUT2D eigenvalue weighted by Gasteiger charge is 2.31. The standard InChI is InChI=1S/C14H23N3O8/c1-3-6(2)11(15)13(23)16-7(4-9(18)19)12(22)17-8(14(24)25)5-10(20)21/h6-8,11H,3-5,15H2,1-2H3,(H,16,23)(H,17,22)(H,18,19)(H,20,21)(H,24,25)/t6-,7-,8-,11-/m0/s1. The first-order chi connectivity index (χ1) is 11.5. The molecule has 0 bridgehead atoms. The first kappa shape index (κ1) is 22.3. The van der Waals surface area contributed by atoms with Crippen molar-refractivity contribution in [3.05, 3.63) is 0 Å². The number of hydrogen-bond acceptors (Lipinski definition) is 6. The smallest absolute Gasteiger partial charge is 0.326 e. The van der Waals surface area contributed by atoms with Gasteiger partial charge in [0.15, 0.2) is 0 Å². The van der Waals surface area contributed by atoms with Gasteiger partial charge in [-0.2, -0.15) is 0 Å². The molecular formula is C14H23N3O8. The lowest BCUT2D eigenvalue weighted by Crippen LogP contribution is -2.56. The van der Waals surface area contributed by atoms with Crippen molar-refractivity contribution in [3.8, 4) is 0 Å².